The van der Waals surface area contributed by atoms with Crippen molar-refractivity contribution < 1.29 is 14.3 Å². The zero-order valence-corrected chi connectivity index (χ0v) is 14.6. The fourth-order valence-corrected chi connectivity index (χ4v) is 2.99. The van der Waals surface area contributed by atoms with E-state index < -0.39 is 5.91 Å². The SMILES string of the molecule is O=C(N/N=C\c1cc(Cl)c2c(c1)OCCO2)c1n[nH]c(=O)c2ccccc12. The number of amides is 1. The average Bonchev–Trinajstić information content (AvgIpc) is 2.68. The van der Waals surface area contributed by atoms with E-state index in [1.807, 2.05) is 0 Å². The van der Waals surface area contributed by atoms with E-state index in [0.29, 0.717) is 46.1 Å². The lowest BCUT2D eigenvalue weighted by molar-refractivity contribution is 0.0951. The first kappa shape index (κ1) is 17.0. The maximum atomic E-state index is 12.4. The van der Waals surface area contributed by atoms with Crippen molar-refractivity contribution >= 4 is 34.5 Å². The summed E-state index contributed by atoms with van der Waals surface area (Å²) >= 11 is 6.17. The molecule has 0 fully saturated rings. The number of carbonyl (C=O) groups is 1. The first-order valence-corrected chi connectivity index (χ1v) is 8.41. The third-order valence-electron chi connectivity index (χ3n) is 3.91. The van der Waals surface area contributed by atoms with Crippen LogP contribution >= 0.6 is 11.6 Å². The minimum atomic E-state index is -0.553. The molecule has 9 heteroatoms. The number of ether oxygens (including phenoxy) is 2. The van der Waals surface area contributed by atoms with E-state index in [0.717, 1.165) is 0 Å². The smallest absolute Gasteiger partial charge is 0.292 e. The lowest BCUT2D eigenvalue weighted by atomic mass is 10.1. The summed E-state index contributed by atoms with van der Waals surface area (Å²) in [5.41, 5.74) is 2.73. The van der Waals surface area contributed by atoms with E-state index in [1.54, 1.807) is 36.4 Å². The number of hydrogen-bond acceptors (Lipinski definition) is 6. The molecule has 0 bridgehead atoms. The van der Waals surface area contributed by atoms with Crippen LogP contribution in [-0.4, -0.2) is 35.5 Å². The van der Waals surface area contributed by atoms with E-state index in [1.165, 1.54) is 6.21 Å². The third kappa shape index (κ3) is 3.34. The van der Waals surface area contributed by atoms with Crippen molar-refractivity contribution in [2.24, 2.45) is 5.10 Å². The molecule has 27 heavy (non-hydrogen) atoms. The van der Waals surface area contributed by atoms with Crippen molar-refractivity contribution in [3.8, 4) is 11.5 Å². The molecule has 1 aliphatic rings. The van der Waals surface area contributed by atoms with Gasteiger partial charge >= 0.3 is 0 Å². The molecule has 0 atom stereocenters. The zero-order valence-electron chi connectivity index (χ0n) is 13.9. The lowest BCUT2D eigenvalue weighted by Crippen LogP contribution is -2.22. The quantitative estimate of drug-likeness (QED) is 0.531. The van der Waals surface area contributed by atoms with Gasteiger partial charge in [0.25, 0.3) is 11.5 Å². The minimum Gasteiger partial charge on any atom is -0.486 e. The molecular weight excluding hydrogens is 372 g/mol. The van der Waals surface area contributed by atoms with Crippen LogP contribution in [0.25, 0.3) is 10.8 Å². The second-order valence-corrected chi connectivity index (χ2v) is 6.08. The monoisotopic (exact) mass is 384 g/mol. The zero-order chi connectivity index (χ0) is 18.8. The van der Waals surface area contributed by atoms with Crippen molar-refractivity contribution in [1.29, 1.82) is 0 Å². The van der Waals surface area contributed by atoms with Gasteiger partial charge in [-0.05, 0) is 23.8 Å². The Morgan fingerprint density at radius 1 is 1.22 bits per heavy atom. The molecule has 3 aromatic rings. The van der Waals surface area contributed by atoms with Crippen LogP contribution in [0.15, 0.2) is 46.3 Å². The van der Waals surface area contributed by atoms with Crippen molar-refractivity contribution in [2.45, 2.75) is 0 Å². The second kappa shape index (κ2) is 7.08. The summed E-state index contributed by atoms with van der Waals surface area (Å²) in [6.07, 6.45) is 1.43. The molecule has 2 N–H and O–H groups in total. The molecule has 0 radical (unpaired) electrons. The number of benzene rings is 2. The molecule has 8 nitrogen and oxygen atoms in total. The summed E-state index contributed by atoms with van der Waals surface area (Å²) in [7, 11) is 0. The van der Waals surface area contributed by atoms with E-state index in [4.69, 9.17) is 21.1 Å². The van der Waals surface area contributed by atoms with E-state index in [-0.39, 0.29) is 11.3 Å². The Hall–Kier alpha value is -3.39. The highest BCUT2D eigenvalue weighted by Crippen LogP contribution is 2.37. The van der Waals surface area contributed by atoms with Gasteiger partial charge in [-0.3, -0.25) is 9.59 Å². The molecule has 0 spiro atoms. The Morgan fingerprint density at radius 3 is 2.85 bits per heavy atom. The first-order chi connectivity index (χ1) is 13.1. The topological polar surface area (TPSA) is 106 Å². The molecule has 4 rings (SSSR count). The molecule has 0 unspecified atom stereocenters. The number of hydrogen-bond donors (Lipinski definition) is 2. The fraction of sp³-hybridized carbons (Fsp3) is 0.111. The Kier molecular flexibility index (Phi) is 4.47. The predicted molar refractivity (Wildman–Crippen MR) is 99.9 cm³/mol. The van der Waals surface area contributed by atoms with E-state index >= 15 is 0 Å². The van der Waals surface area contributed by atoms with Crippen LogP contribution in [0.5, 0.6) is 11.5 Å². The van der Waals surface area contributed by atoms with Gasteiger partial charge in [0, 0.05) is 5.39 Å². The standard InChI is InChI=1S/C18H13ClN4O4/c19-13-7-10(8-14-16(13)27-6-5-26-14)9-20-22-18(25)15-11-3-1-2-4-12(11)17(24)23-21-15/h1-4,7-9H,5-6H2,(H,22,25)(H,23,24)/b20-9-. The normalized spacial score (nSPS) is 13.1. The van der Waals surface area contributed by atoms with Crippen molar-refractivity contribution in [3.05, 3.63) is 63.0 Å². The van der Waals surface area contributed by atoms with Crippen molar-refractivity contribution in [3.63, 3.8) is 0 Å². The third-order valence-corrected chi connectivity index (χ3v) is 4.19. The number of carbonyl (C=O) groups excluding carboxylic acids is 1. The largest absolute Gasteiger partial charge is 0.486 e. The maximum absolute atomic E-state index is 12.4. The average molecular weight is 385 g/mol. The van der Waals surface area contributed by atoms with E-state index in [2.05, 4.69) is 20.7 Å². The van der Waals surface area contributed by atoms with Gasteiger partial charge in [0.15, 0.2) is 17.2 Å². The van der Waals surface area contributed by atoms with Crippen molar-refractivity contribution in [2.75, 3.05) is 13.2 Å². The van der Waals surface area contributed by atoms with Gasteiger partial charge in [0.05, 0.1) is 16.6 Å². The molecule has 136 valence electrons. The second-order valence-electron chi connectivity index (χ2n) is 5.67. The Morgan fingerprint density at radius 2 is 2.00 bits per heavy atom. The Balaban J connectivity index is 1.56. The molecule has 1 aromatic heterocycles. The minimum absolute atomic E-state index is 0.0718. The van der Waals surface area contributed by atoms with Gasteiger partial charge in [-0.15, -0.1) is 0 Å². The molecule has 0 aliphatic carbocycles. The van der Waals surface area contributed by atoms with Gasteiger partial charge in [-0.1, -0.05) is 29.8 Å². The summed E-state index contributed by atoms with van der Waals surface area (Å²) in [6.45, 7) is 0.877. The molecule has 0 saturated carbocycles. The number of aromatic amines is 1. The van der Waals surface area contributed by atoms with Gasteiger partial charge in [-0.2, -0.15) is 10.2 Å². The van der Waals surface area contributed by atoms with Crippen LogP contribution in [0.2, 0.25) is 5.02 Å². The van der Waals surface area contributed by atoms with Crippen LogP contribution < -0.4 is 20.5 Å². The predicted octanol–water partition coefficient (Wildman–Crippen LogP) is 2.11. The number of hydrazone groups is 1. The summed E-state index contributed by atoms with van der Waals surface area (Å²) in [4.78, 5) is 24.2. The highest BCUT2D eigenvalue weighted by atomic mass is 35.5. The molecule has 0 saturated heterocycles. The number of aromatic nitrogens is 2. The number of nitrogens with one attached hydrogen (secondary N) is 2. The summed E-state index contributed by atoms with van der Waals surface area (Å²) in [5, 5.41) is 11.3. The van der Waals surface area contributed by atoms with Crippen LogP contribution in [-0.2, 0) is 0 Å². The molecule has 2 aromatic carbocycles. The van der Waals surface area contributed by atoms with Gasteiger partial charge in [0.2, 0.25) is 0 Å². The first-order valence-electron chi connectivity index (χ1n) is 8.03. The van der Waals surface area contributed by atoms with Gasteiger partial charge in [0.1, 0.15) is 13.2 Å². The molecule has 1 amide bonds. The van der Waals surface area contributed by atoms with Crippen LogP contribution in [0.3, 0.4) is 0 Å². The van der Waals surface area contributed by atoms with Crippen LogP contribution in [0.1, 0.15) is 16.1 Å². The fourth-order valence-electron chi connectivity index (χ4n) is 2.71. The highest BCUT2D eigenvalue weighted by molar-refractivity contribution is 6.32. The summed E-state index contributed by atoms with van der Waals surface area (Å²) < 4.78 is 11.0. The molecule has 2 heterocycles. The molecule has 1 aliphatic heterocycles. The number of nitrogens with zero attached hydrogens (tertiary/aromatic N) is 2. The highest BCUT2D eigenvalue weighted by Gasteiger charge is 2.16. The number of rotatable bonds is 3. The maximum Gasteiger partial charge on any atom is 0.292 e. The van der Waals surface area contributed by atoms with Crippen LogP contribution in [0, 0.1) is 0 Å². The number of fused-ring (bicyclic) bond motifs is 2. The molecular formula is C18H13ClN4O4. The Labute approximate surface area is 157 Å². The summed E-state index contributed by atoms with van der Waals surface area (Å²) in [5.74, 6) is 0.463. The number of halogens is 1. The van der Waals surface area contributed by atoms with E-state index in [9.17, 15) is 9.59 Å². The lowest BCUT2D eigenvalue weighted by Gasteiger charge is -2.19. The summed E-state index contributed by atoms with van der Waals surface area (Å²) in [6, 6.07) is 10.1. The van der Waals surface area contributed by atoms with Crippen LogP contribution in [0.4, 0.5) is 0 Å². The van der Waals surface area contributed by atoms with Crippen molar-refractivity contribution in [1.82, 2.24) is 15.6 Å². The van der Waals surface area contributed by atoms with Gasteiger partial charge < -0.3 is 9.47 Å². The number of H-pyrrole nitrogens is 1. The Bertz CT molecular complexity index is 1130. The van der Waals surface area contributed by atoms with Gasteiger partial charge in [-0.25, -0.2) is 10.5 Å².